The van der Waals surface area contributed by atoms with E-state index in [1.165, 1.54) is 22.5 Å². The van der Waals surface area contributed by atoms with Crippen LogP contribution in [0.1, 0.15) is 16.6 Å². The molecule has 0 saturated carbocycles. The van der Waals surface area contributed by atoms with Crippen molar-refractivity contribution in [1.82, 2.24) is 4.98 Å². The maximum Gasteiger partial charge on any atom is 0.169 e. The van der Waals surface area contributed by atoms with Crippen LogP contribution < -0.4 is 0 Å². The van der Waals surface area contributed by atoms with E-state index in [0.717, 1.165) is 26.1 Å². The summed E-state index contributed by atoms with van der Waals surface area (Å²) in [5.41, 5.74) is 4.54. The Morgan fingerprint density at radius 1 is 0.875 bits per heavy atom. The average Bonchev–Trinajstić information content (AvgIpc) is 3.07. The van der Waals surface area contributed by atoms with Gasteiger partial charge in [0.2, 0.25) is 0 Å². The number of benzene rings is 2. The summed E-state index contributed by atoms with van der Waals surface area (Å²) >= 11 is 1.50. The number of nitrogens with zero attached hydrogens (tertiary/aromatic N) is 1. The smallest absolute Gasteiger partial charge is 0.169 e. The molecule has 116 valence electrons. The monoisotopic (exact) mass is 329 g/mol. The van der Waals surface area contributed by atoms with Gasteiger partial charge in [0.15, 0.2) is 5.78 Å². The number of ketones is 1. The van der Waals surface area contributed by atoms with E-state index in [4.69, 9.17) is 0 Å². The molecule has 3 heteroatoms. The first-order valence-corrected chi connectivity index (χ1v) is 8.58. The Morgan fingerprint density at radius 3 is 2.42 bits per heavy atom. The van der Waals surface area contributed by atoms with E-state index in [1.807, 2.05) is 36.7 Å². The van der Waals surface area contributed by atoms with Gasteiger partial charge in [-0.15, -0.1) is 11.3 Å². The number of hydrogen-bond donors (Lipinski definition) is 0. The molecule has 4 rings (SSSR count). The molecular weight excluding hydrogens is 314 g/mol. The minimum absolute atomic E-state index is 0.0974. The molecule has 0 N–H and O–H groups in total. The molecule has 0 aliphatic rings. The van der Waals surface area contributed by atoms with Gasteiger partial charge < -0.3 is 0 Å². The zero-order valence-corrected chi connectivity index (χ0v) is 14.0. The maximum atomic E-state index is 11.7. The summed E-state index contributed by atoms with van der Waals surface area (Å²) in [6, 6.07) is 20.7. The number of rotatable bonds is 3. The van der Waals surface area contributed by atoms with E-state index in [9.17, 15) is 4.79 Å². The molecule has 4 aromatic rings. The highest BCUT2D eigenvalue weighted by molar-refractivity contribution is 7.20. The van der Waals surface area contributed by atoms with Crippen molar-refractivity contribution in [3.05, 3.63) is 77.9 Å². The number of fused-ring (bicyclic) bond motifs is 1. The lowest BCUT2D eigenvalue weighted by atomic mass is 9.98. The Morgan fingerprint density at radius 2 is 1.62 bits per heavy atom. The molecule has 0 amide bonds. The number of thiophene rings is 1. The Labute approximate surface area is 144 Å². The Kier molecular flexibility index (Phi) is 3.71. The SMILES string of the molecule is CC(=O)c1cc2c(-c3cccc(-c4ccccc4)c3)cncc2s1. The second-order valence-corrected chi connectivity index (χ2v) is 6.80. The lowest BCUT2D eigenvalue weighted by Crippen LogP contribution is -1.85. The molecule has 24 heavy (non-hydrogen) atoms. The highest BCUT2D eigenvalue weighted by Gasteiger charge is 2.11. The Bertz CT molecular complexity index is 1030. The number of carbonyl (C=O) groups is 1. The van der Waals surface area contributed by atoms with Gasteiger partial charge in [-0.1, -0.05) is 48.5 Å². The third kappa shape index (κ3) is 2.63. The summed E-state index contributed by atoms with van der Waals surface area (Å²) in [6.45, 7) is 1.61. The summed E-state index contributed by atoms with van der Waals surface area (Å²) in [5.74, 6) is 0.0974. The van der Waals surface area contributed by atoms with Crippen LogP contribution in [0.4, 0.5) is 0 Å². The maximum absolute atomic E-state index is 11.7. The molecule has 0 aliphatic heterocycles. The van der Waals surface area contributed by atoms with Crippen LogP contribution >= 0.6 is 11.3 Å². The largest absolute Gasteiger partial charge is 0.294 e. The first-order chi connectivity index (χ1) is 11.7. The molecular formula is C21H15NOS. The fraction of sp³-hybridized carbons (Fsp3) is 0.0476. The first-order valence-electron chi connectivity index (χ1n) is 7.77. The Balaban J connectivity index is 1.88. The molecule has 0 aliphatic carbocycles. The summed E-state index contributed by atoms with van der Waals surface area (Å²) in [5, 5.41) is 1.09. The van der Waals surface area contributed by atoms with Gasteiger partial charge in [0.05, 0.1) is 9.58 Å². The predicted molar refractivity (Wildman–Crippen MR) is 100 cm³/mol. The highest BCUT2D eigenvalue weighted by atomic mass is 32.1. The van der Waals surface area contributed by atoms with E-state index in [2.05, 4.69) is 41.4 Å². The summed E-state index contributed by atoms with van der Waals surface area (Å²) in [7, 11) is 0. The molecule has 2 heterocycles. The van der Waals surface area contributed by atoms with Gasteiger partial charge in [-0.2, -0.15) is 0 Å². The van der Waals surface area contributed by atoms with Crippen LogP contribution in [0, 0.1) is 0 Å². The normalized spacial score (nSPS) is 10.9. The number of aromatic nitrogens is 1. The van der Waals surface area contributed by atoms with Gasteiger partial charge in [0.1, 0.15) is 0 Å². The number of carbonyl (C=O) groups excluding carboxylic acids is 1. The first kappa shape index (κ1) is 14.8. The number of pyridine rings is 1. The van der Waals surface area contributed by atoms with E-state index in [-0.39, 0.29) is 5.78 Å². The minimum atomic E-state index is 0.0974. The van der Waals surface area contributed by atoms with Crippen LogP contribution in [0.5, 0.6) is 0 Å². The van der Waals surface area contributed by atoms with Gasteiger partial charge in [-0.3, -0.25) is 9.78 Å². The van der Waals surface area contributed by atoms with Crippen molar-refractivity contribution in [3.63, 3.8) is 0 Å². The van der Waals surface area contributed by atoms with Crippen LogP contribution in [-0.4, -0.2) is 10.8 Å². The van der Waals surface area contributed by atoms with Crippen molar-refractivity contribution in [1.29, 1.82) is 0 Å². The third-order valence-corrected chi connectivity index (χ3v) is 5.24. The van der Waals surface area contributed by atoms with E-state index in [1.54, 1.807) is 6.92 Å². The zero-order valence-electron chi connectivity index (χ0n) is 13.2. The molecule has 0 saturated heterocycles. The molecule has 0 bridgehead atoms. The van der Waals surface area contributed by atoms with Gasteiger partial charge >= 0.3 is 0 Å². The van der Waals surface area contributed by atoms with Gasteiger partial charge in [-0.25, -0.2) is 0 Å². The number of hydrogen-bond acceptors (Lipinski definition) is 3. The van der Waals surface area contributed by atoms with E-state index >= 15 is 0 Å². The summed E-state index contributed by atoms with van der Waals surface area (Å²) < 4.78 is 1.04. The fourth-order valence-electron chi connectivity index (χ4n) is 2.86. The molecule has 0 fully saturated rings. The molecule has 0 unspecified atom stereocenters. The van der Waals surface area contributed by atoms with Crippen molar-refractivity contribution >= 4 is 27.2 Å². The van der Waals surface area contributed by atoms with Crippen molar-refractivity contribution in [2.24, 2.45) is 0 Å². The summed E-state index contributed by atoms with van der Waals surface area (Å²) in [4.78, 5) is 16.8. The van der Waals surface area contributed by atoms with Gasteiger partial charge in [0, 0.05) is 23.3 Å². The van der Waals surface area contributed by atoms with Crippen LogP contribution in [0.3, 0.4) is 0 Å². The van der Waals surface area contributed by atoms with Crippen LogP contribution in [0.2, 0.25) is 0 Å². The number of Topliss-reactive ketones (excluding diaryl/α,β-unsaturated/α-hetero) is 1. The molecule has 0 atom stereocenters. The standard InChI is InChI=1S/C21H15NOS/c1-14(23)20-11-18-19(12-22-13-21(18)24-20)17-9-5-8-16(10-17)15-6-3-2-4-7-15/h2-13H,1H3. The van der Waals surface area contributed by atoms with Gasteiger partial charge in [0.25, 0.3) is 0 Å². The van der Waals surface area contributed by atoms with Crippen molar-refractivity contribution < 1.29 is 4.79 Å². The van der Waals surface area contributed by atoms with E-state index < -0.39 is 0 Å². The van der Waals surface area contributed by atoms with Crippen LogP contribution in [0.15, 0.2) is 73.1 Å². The Hall–Kier alpha value is -2.78. The molecule has 0 radical (unpaired) electrons. The lowest BCUT2D eigenvalue weighted by Gasteiger charge is -2.07. The van der Waals surface area contributed by atoms with Crippen molar-refractivity contribution in [2.45, 2.75) is 6.92 Å². The van der Waals surface area contributed by atoms with Gasteiger partial charge in [-0.05, 0) is 35.7 Å². The van der Waals surface area contributed by atoms with Crippen LogP contribution in [-0.2, 0) is 0 Å². The molecule has 2 aromatic carbocycles. The molecule has 2 nitrogen and oxygen atoms in total. The van der Waals surface area contributed by atoms with E-state index in [0.29, 0.717) is 0 Å². The minimum Gasteiger partial charge on any atom is -0.294 e. The molecule has 0 spiro atoms. The summed E-state index contributed by atoms with van der Waals surface area (Å²) in [6.07, 6.45) is 3.71. The average molecular weight is 329 g/mol. The van der Waals surface area contributed by atoms with Crippen molar-refractivity contribution in [2.75, 3.05) is 0 Å². The predicted octanol–water partition coefficient (Wildman–Crippen LogP) is 5.83. The topological polar surface area (TPSA) is 30.0 Å². The zero-order chi connectivity index (χ0) is 16.5. The molecule has 2 aromatic heterocycles. The van der Waals surface area contributed by atoms with Crippen molar-refractivity contribution in [3.8, 4) is 22.3 Å². The second-order valence-electron chi connectivity index (χ2n) is 5.71. The quantitative estimate of drug-likeness (QED) is 0.442. The second kappa shape index (κ2) is 6.02. The fourth-order valence-corrected chi connectivity index (χ4v) is 3.81. The highest BCUT2D eigenvalue weighted by Crippen LogP contribution is 2.35. The third-order valence-electron chi connectivity index (χ3n) is 4.07. The lowest BCUT2D eigenvalue weighted by molar-refractivity contribution is 0.102. The van der Waals surface area contributed by atoms with Crippen LogP contribution in [0.25, 0.3) is 32.3 Å².